The van der Waals surface area contributed by atoms with E-state index in [-0.39, 0.29) is 12.3 Å². The lowest BCUT2D eigenvalue weighted by Gasteiger charge is -2.28. The second-order valence-corrected chi connectivity index (χ2v) is 10.2. The Kier molecular flexibility index (Phi) is 15.9. The molecule has 1 heterocycles. The summed E-state index contributed by atoms with van der Waals surface area (Å²) in [5, 5.41) is 31.0. The molecule has 0 aliphatic carbocycles. The van der Waals surface area contributed by atoms with Gasteiger partial charge in [-0.15, -0.1) is 0 Å². The Morgan fingerprint density at radius 2 is 1.89 bits per heavy atom. The zero-order valence-corrected chi connectivity index (χ0v) is 23.1. The molecular weight excluding hydrogens is 488 g/mol. The van der Waals surface area contributed by atoms with Crippen LogP contribution in [0.5, 0.6) is 0 Å². The number of carbonyl (C=O) groups excluding carboxylic acids is 4. The summed E-state index contributed by atoms with van der Waals surface area (Å²) >= 11 is 0. The number of allylic oxidation sites excluding steroid dienone is 3. The van der Waals surface area contributed by atoms with Crippen molar-refractivity contribution >= 4 is 23.6 Å². The van der Waals surface area contributed by atoms with Gasteiger partial charge in [0, 0.05) is 24.7 Å². The highest BCUT2D eigenvalue weighted by atomic mass is 16.3. The topological polar surface area (TPSA) is 157 Å². The maximum Gasteiger partial charge on any atom is 0.246 e. The van der Waals surface area contributed by atoms with E-state index >= 15 is 0 Å². The molecule has 0 radical (unpaired) electrons. The molecule has 0 bridgehead atoms. The van der Waals surface area contributed by atoms with Crippen molar-refractivity contribution in [2.75, 3.05) is 6.54 Å². The molecule has 38 heavy (non-hydrogen) atoms. The standard InChI is InChI=1S/C28H46N4O6/c1-19(2)13-10-8-6-5-7-9-11-15-24(36)31-25(21(4)33)27(37)32-26-22(34)14-12-18-29-23(35)17-16-20(3)30-28(26)38/h7,9,11,15-17,19-22,25-26,33-34H,5-6,8,10,12-14,18H2,1-4H3,(H,29,35)(H,30,38)(H,31,36)(H,32,37)/b9-7+,15-11+,17-16+/t20-,21+,22-,25?,26?/m0/s1. The summed E-state index contributed by atoms with van der Waals surface area (Å²) in [6.45, 7) is 7.71. The first-order valence-electron chi connectivity index (χ1n) is 13.6. The summed E-state index contributed by atoms with van der Waals surface area (Å²) < 4.78 is 0. The van der Waals surface area contributed by atoms with Crippen LogP contribution >= 0.6 is 0 Å². The molecule has 0 aromatic rings. The first-order valence-corrected chi connectivity index (χ1v) is 13.6. The van der Waals surface area contributed by atoms with Gasteiger partial charge in [-0.2, -0.15) is 0 Å². The van der Waals surface area contributed by atoms with Crippen LogP contribution in [0.4, 0.5) is 0 Å². The zero-order valence-electron chi connectivity index (χ0n) is 23.1. The Hall–Kier alpha value is -2.98. The number of rotatable bonds is 12. The number of amides is 4. The first kappa shape index (κ1) is 33.0. The van der Waals surface area contributed by atoms with Crippen LogP contribution in [-0.2, 0) is 19.2 Å². The Labute approximate surface area is 226 Å². The highest BCUT2D eigenvalue weighted by Crippen LogP contribution is 2.10. The fourth-order valence-electron chi connectivity index (χ4n) is 3.84. The van der Waals surface area contributed by atoms with Crippen LogP contribution < -0.4 is 21.3 Å². The van der Waals surface area contributed by atoms with Crippen molar-refractivity contribution in [2.45, 2.75) is 103 Å². The van der Waals surface area contributed by atoms with Crippen molar-refractivity contribution in [3.05, 3.63) is 36.5 Å². The minimum Gasteiger partial charge on any atom is -0.391 e. The van der Waals surface area contributed by atoms with Gasteiger partial charge in [-0.3, -0.25) is 19.2 Å². The van der Waals surface area contributed by atoms with Crippen LogP contribution in [0.25, 0.3) is 0 Å². The summed E-state index contributed by atoms with van der Waals surface area (Å²) in [6, 6.07) is -3.19. The van der Waals surface area contributed by atoms with E-state index < -0.39 is 48.1 Å². The lowest BCUT2D eigenvalue weighted by atomic mass is 10.0. The largest absolute Gasteiger partial charge is 0.391 e. The van der Waals surface area contributed by atoms with Gasteiger partial charge in [0.15, 0.2) is 0 Å². The third-order valence-corrected chi connectivity index (χ3v) is 6.06. The van der Waals surface area contributed by atoms with Gasteiger partial charge in [0.25, 0.3) is 0 Å². The Bertz CT molecular complexity index is 852. The number of carbonyl (C=O) groups is 4. The Balaban J connectivity index is 2.71. The first-order chi connectivity index (χ1) is 18.0. The van der Waals surface area contributed by atoms with E-state index in [0.29, 0.717) is 18.9 Å². The normalized spacial score (nSPS) is 23.7. The molecule has 6 N–H and O–H groups in total. The number of hydrogen-bond acceptors (Lipinski definition) is 6. The van der Waals surface area contributed by atoms with Gasteiger partial charge >= 0.3 is 0 Å². The van der Waals surface area contributed by atoms with Crippen molar-refractivity contribution in [1.29, 1.82) is 0 Å². The van der Waals surface area contributed by atoms with Gasteiger partial charge in [0.1, 0.15) is 12.1 Å². The molecule has 0 aromatic heterocycles. The fraction of sp³-hybridized carbons (Fsp3) is 0.643. The SMILES string of the molecule is CC(C)CCCCC/C=C/C=C/C(=O)NC(C(=O)NC1C(=O)N[C@@H](C)/C=C/C(=O)NCCC[C@@H]1O)[C@@H](C)O. The lowest BCUT2D eigenvalue weighted by molar-refractivity contribution is -0.135. The van der Waals surface area contributed by atoms with Crippen molar-refractivity contribution in [3.63, 3.8) is 0 Å². The number of hydrogen-bond donors (Lipinski definition) is 6. The average Bonchev–Trinajstić information content (AvgIpc) is 2.84. The molecule has 0 fully saturated rings. The van der Waals surface area contributed by atoms with E-state index in [2.05, 4.69) is 35.1 Å². The lowest BCUT2D eigenvalue weighted by Crippen LogP contribution is -2.60. The minimum atomic E-state index is -1.34. The van der Waals surface area contributed by atoms with Gasteiger partial charge in [-0.05, 0) is 45.4 Å². The third-order valence-electron chi connectivity index (χ3n) is 6.06. The monoisotopic (exact) mass is 534 g/mol. The van der Waals surface area contributed by atoms with E-state index in [0.717, 1.165) is 19.3 Å². The van der Waals surface area contributed by atoms with E-state index in [1.54, 1.807) is 19.1 Å². The number of aliphatic hydroxyl groups is 2. The summed E-state index contributed by atoms with van der Waals surface area (Å²) in [7, 11) is 0. The molecule has 10 heteroatoms. The quantitative estimate of drug-likeness (QED) is 0.126. The minimum absolute atomic E-state index is 0.134. The zero-order chi connectivity index (χ0) is 28.5. The van der Waals surface area contributed by atoms with Crippen molar-refractivity contribution in [1.82, 2.24) is 21.3 Å². The van der Waals surface area contributed by atoms with Gasteiger partial charge in [-0.25, -0.2) is 0 Å². The van der Waals surface area contributed by atoms with Crippen LogP contribution in [0.2, 0.25) is 0 Å². The van der Waals surface area contributed by atoms with E-state index in [9.17, 15) is 29.4 Å². The third kappa shape index (κ3) is 14.1. The predicted octanol–water partition coefficient (Wildman–Crippen LogP) is 1.39. The van der Waals surface area contributed by atoms with E-state index in [1.807, 2.05) is 6.08 Å². The van der Waals surface area contributed by atoms with Gasteiger partial charge < -0.3 is 31.5 Å². The molecule has 1 aliphatic rings. The summed E-state index contributed by atoms with van der Waals surface area (Å²) in [6.07, 6.45) is 13.0. The molecule has 4 amide bonds. The molecule has 5 atom stereocenters. The number of nitrogens with one attached hydrogen (secondary N) is 4. The van der Waals surface area contributed by atoms with Gasteiger partial charge in [0.05, 0.1) is 12.2 Å². The Morgan fingerprint density at radius 1 is 1.16 bits per heavy atom. The molecule has 10 nitrogen and oxygen atoms in total. The van der Waals surface area contributed by atoms with Gasteiger partial charge in [0.2, 0.25) is 23.6 Å². The second-order valence-electron chi connectivity index (χ2n) is 10.2. The summed E-state index contributed by atoms with van der Waals surface area (Å²) in [5.41, 5.74) is 0. The summed E-state index contributed by atoms with van der Waals surface area (Å²) in [4.78, 5) is 49.8. The summed E-state index contributed by atoms with van der Waals surface area (Å²) in [5.74, 6) is -1.61. The molecule has 2 unspecified atom stereocenters. The molecule has 0 spiro atoms. The molecular formula is C28H46N4O6. The van der Waals surface area contributed by atoms with Crippen LogP contribution in [0, 0.1) is 5.92 Å². The maximum absolute atomic E-state index is 12.9. The molecule has 214 valence electrons. The molecule has 1 aliphatic heterocycles. The van der Waals surface area contributed by atoms with E-state index in [1.165, 1.54) is 38.0 Å². The highest BCUT2D eigenvalue weighted by Gasteiger charge is 2.33. The molecule has 0 saturated carbocycles. The smallest absolute Gasteiger partial charge is 0.246 e. The Morgan fingerprint density at radius 3 is 2.58 bits per heavy atom. The second kappa shape index (κ2) is 18.3. The van der Waals surface area contributed by atoms with E-state index in [4.69, 9.17) is 0 Å². The predicted molar refractivity (Wildman–Crippen MR) is 147 cm³/mol. The van der Waals surface area contributed by atoms with Crippen LogP contribution in [0.15, 0.2) is 36.5 Å². The van der Waals surface area contributed by atoms with Crippen LogP contribution in [0.1, 0.15) is 72.6 Å². The molecule has 0 saturated heterocycles. The van der Waals surface area contributed by atoms with Crippen molar-refractivity contribution in [2.24, 2.45) is 5.92 Å². The molecule has 0 aromatic carbocycles. The highest BCUT2D eigenvalue weighted by molar-refractivity contribution is 5.95. The molecule has 1 rings (SSSR count). The fourth-order valence-corrected chi connectivity index (χ4v) is 3.84. The van der Waals surface area contributed by atoms with Crippen molar-refractivity contribution in [3.8, 4) is 0 Å². The number of aliphatic hydroxyl groups excluding tert-OH is 2. The maximum atomic E-state index is 12.9. The average molecular weight is 535 g/mol. The van der Waals surface area contributed by atoms with Crippen LogP contribution in [-0.4, -0.2) is 70.7 Å². The number of unbranched alkanes of at least 4 members (excludes halogenated alkanes) is 3. The van der Waals surface area contributed by atoms with Crippen LogP contribution in [0.3, 0.4) is 0 Å². The van der Waals surface area contributed by atoms with Gasteiger partial charge in [-0.1, -0.05) is 57.4 Å². The van der Waals surface area contributed by atoms with Crippen molar-refractivity contribution < 1.29 is 29.4 Å².